The van der Waals surface area contributed by atoms with Gasteiger partial charge in [-0.25, -0.2) is 0 Å². The third-order valence-corrected chi connectivity index (χ3v) is 5.90. The van der Waals surface area contributed by atoms with Crippen LogP contribution in [0.25, 0.3) is 0 Å². The molecule has 0 aromatic carbocycles. The van der Waals surface area contributed by atoms with E-state index < -0.39 is 12.0 Å². The summed E-state index contributed by atoms with van der Waals surface area (Å²) in [6.45, 7) is 2.72. The van der Waals surface area contributed by atoms with E-state index in [1.54, 1.807) is 30.6 Å². The first kappa shape index (κ1) is 22.5. The molecule has 3 heterocycles. The molecule has 4 rings (SSSR count). The molecule has 0 bridgehead atoms. The van der Waals surface area contributed by atoms with E-state index in [-0.39, 0.29) is 30.4 Å². The predicted octanol–water partition coefficient (Wildman–Crippen LogP) is 0.715. The molecular weight excluding hydrogens is 424 g/mol. The molecule has 33 heavy (non-hydrogen) atoms. The fraction of sp³-hybridized carbons (Fsp3) is 0.435. The van der Waals surface area contributed by atoms with Crippen LogP contribution in [0.2, 0.25) is 0 Å². The molecule has 3 aliphatic rings. The molecule has 0 saturated carbocycles. The third-order valence-electron chi connectivity index (χ3n) is 5.90. The average molecular weight is 453 g/mol. The third kappa shape index (κ3) is 5.97. The first-order chi connectivity index (χ1) is 16.0. The summed E-state index contributed by atoms with van der Waals surface area (Å²) in [6.07, 6.45) is 8.37. The number of aromatic nitrogens is 1. The maximum Gasteiger partial charge on any atom is 0.305 e. The average Bonchev–Trinajstić information content (AvgIpc) is 3.30. The van der Waals surface area contributed by atoms with Gasteiger partial charge < -0.3 is 26.0 Å². The monoisotopic (exact) mass is 452 g/mol. The zero-order valence-electron chi connectivity index (χ0n) is 18.3. The second kappa shape index (κ2) is 10.3. The predicted molar refractivity (Wildman–Crippen MR) is 121 cm³/mol. The minimum absolute atomic E-state index is 0.00240. The first-order valence-corrected chi connectivity index (χ1v) is 11.2. The first-order valence-electron chi connectivity index (χ1n) is 11.2. The summed E-state index contributed by atoms with van der Waals surface area (Å²) in [7, 11) is 0. The largest absolute Gasteiger partial charge is 0.481 e. The number of ketones is 1. The van der Waals surface area contributed by atoms with Crippen molar-refractivity contribution >= 4 is 23.6 Å². The Morgan fingerprint density at radius 1 is 1.33 bits per heavy atom. The van der Waals surface area contributed by atoms with Gasteiger partial charge in [-0.2, -0.15) is 0 Å². The molecule has 10 heteroatoms. The summed E-state index contributed by atoms with van der Waals surface area (Å²) < 4.78 is 0. The molecule has 10 nitrogen and oxygen atoms in total. The highest BCUT2D eigenvalue weighted by molar-refractivity contribution is 5.95. The normalized spacial score (nSPS) is 21.3. The Hall–Kier alpha value is -3.69. The van der Waals surface area contributed by atoms with Crippen LogP contribution in [0.1, 0.15) is 37.3 Å². The number of pyridine rings is 1. The van der Waals surface area contributed by atoms with Gasteiger partial charge in [-0.15, -0.1) is 0 Å². The van der Waals surface area contributed by atoms with E-state index in [1.807, 2.05) is 6.08 Å². The number of aliphatic carboxylic acids is 1. The smallest absolute Gasteiger partial charge is 0.305 e. The summed E-state index contributed by atoms with van der Waals surface area (Å²) in [4.78, 5) is 47.0. The summed E-state index contributed by atoms with van der Waals surface area (Å²) in [5, 5.41) is 18.5. The van der Waals surface area contributed by atoms with Gasteiger partial charge in [-0.1, -0.05) is 6.07 Å². The van der Waals surface area contributed by atoms with E-state index in [0.717, 1.165) is 25.2 Å². The van der Waals surface area contributed by atoms with Gasteiger partial charge in [-0.3, -0.25) is 24.4 Å². The van der Waals surface area contributed by atoms with Gasteiger partial charge in [0.25, 0.3) is 0 Å². The number of amides is 1. The lowest BCUT2D eigenvalue weighted by Gasteiger charge is -2.26. The van der Waals surface area contributed by atoms with Crippen molar-refractivity contribution in [3.63, 3.8) is 0 Å². The van der Waals surface area contributed by atoms with Crippen molar-refractivity contribution in [1.29, 1.82) is 0 Å². The molecule has 0 radical (unpaired) electrons. The lowest BCUT2D eigenvalue weighted by molar-refractivity contribution is -0.138. The minimum Gasteiger partial charge on any atom is -0.481 e. The zero-order chi connectivity index (χ0) is 23.2. The fourth-order valence-corrected chi connectivity index (χ4v) is 4.24. The highest BCUT2D eigenvalue weighted by atomic mass is 16.4. The number of carboxylic acids is 1. The van der Waals surface area contributed by atoms with E-state index in [1.165, 1.54) is 0 Å². The molecule has 2 unspecified atom stereocenters. The summed E-state index contributed by atoms with van der Waals surface area (Å²) >= 11 is 0. The number of carboxylic acid groups (broad SMARTS) is 1. The van der Waals surface area contributed by atoms with Crippen LogP contribution in [0, 0.1) is 5.92 Å². The number of aliphatic imine (C=N–C) groups is 1. The highest BCUT2D eigenvalue weighted by Crippen LogP contribution is 2.27. The van der Waals surface area contributed by atoms with Crippen LogP contribution in [0.4, 0.5) is 0 Å². The molecule has 1 saturated heterocycles. The quantitative estimate of drug-likeness (QED) is 0.475. The van der Waals surface area contributed by atoms with Crippen molar-refractivity contribution in [1.82, 2.24) is 25.8 Å². The highest BCUT2D eigenvalue weighted by Gasteiger charge is 2.32. The number of nitrogens with one attached hydrogen (secondary N) is 3. The van der Waals surface area contributed by atoms with E-state index >= 15 is 0 Å². The molecule has 1 fully saturated rings. The Morgan fingerprint density at radius 2 is 2.21 bits per heavy atom. The van der Waals surface area contributed by atoms with Gasteiger partial charge >= 0.3 is 5.97 Å². The Labute approximate surface area is 191 Å². The van der Waals surface area contributed by atoms with Crippen LogP contribution >= 0.6 is 0 Å². The van der Waals surface area contributed by atoms with E-state index in [0.29, 0.717) is 36.7 Å². The van der Waals surface area contributed by atoms with Crippen LogP contribution in [0.15, 0.2) is 53.1 Å². The maximum atomic E-state index is 12.9. The molecular formula is C23H28N6O4. The van der Waals surface area contributed by atoms with Crippen LogP contribution in [0.5, 0.6) is 0 Å². The molecule has 4 N–H and O–H groups in total. The second-order valence-corrected chi connectivity index (χ2v) is 8.39. The number of likely N-dealkylation sites (tertiary alicyclic amines) is 1. The van der Waals surface area contributed by atoms with Gasteiger partial charge in [0, 0.05) is 56.0 Å². The summed E-state index contributed by atoms with van der Waals surface area (Å²) in [5.74, 6) is -0.814. The lowest BCUT2D eigenvalue weighted by atomic mass is 10.0. The lowest BCUT2D eigenvalue weighted by Crippen LogP contribution is -2.40. The summed E-state index contributed by atoms with van der Waals surface area (Å²) in [5.41, 5.74) is 2.20. The SMILES string of the molecule is O=C(O)CC(NC(=O)C1CCN(C2=CC(NC3=NCCCN3)=CC(=O)C2)C1)c1cccnc1. The van der Waals surface area contributed by atoms with Crippen LogP contribution in [0.3, 0.4) is 0 Å². The van der Waals surface area contributed by atoms with Crippen molar-refractivity contribution in [2.75, 3.05) is 26.2 Å². The number of nitrogens with zero attached hydrogens (tertiary/aromatic N) is 3. The van der Waals surface area contributed by atoms with Crippen molar-refractivity contribution < 1.29 is 19.5 Å². The second-order valence-electron chi connectivity index (χ2n) is 8.39. The van der Waals surface area contributed by atoms with Crippen molar-refractivity contribution in [2.45, 2.75) is 31.7 Å². The minimum atomic E-state index is -0.994. The molecule has 1 amide bonds. The van der Waals surface area contributed by atoms with E-state index in [4.69, 9.17) is 0 Å². The van der Waals surface area contributed by atoms with E-state index in [9.17, 15) is 19.5 Å². The standard InChI is InChI=1S/C23H28N6O4/c30-19-10-17(27-23-25-6-2-7-26-23)9-18(11-19)29-8-4-16(14-29)22(33)28-20(12-21(31)32)15-3-1-5-24-13-15/h1,3,5,9-10,13,16,20H,2,4,6-8,11-12,14H2,(H,28,33)(H,31,32)(H2,25,26,27). The van der Waals surface area contributed by atoms with Crippen LogP contribution < -0.4 is 16.0 Å². The molecule has 174 valence electrons. The number of rotatable bonds is 7. The topological polar surface area (TPSA) is 136 Å². The Balaban J connectivity index is 1.39. The van der Waals surface area contributed by atoms with Crippen molar-refractivity contribution in [3.05, 3.63) is 53.6 Å². The van der Waals surface area contributed by atoms with Gasteiger partial charge in [0.2, 0.25) is 5.91 Å². The Kier molecular flexibility index (Phi) is 7.01. The molecule has 0 spiro atoms. The number of guanidine groups is 1. The molecule has 1 aliphatic carbocycles. The van der Waals surface area contributed by atoms with Crippen molar-refractivity contribution in [2.24, 2.45) is 10.9 Å². The molecule has 2 atom stereocenters. The molecule has 1 aromatic rings. The zero-order valence-corrected chi connectivity index (χ0v) is 18.3. The maximum absolute atomic E-state index is 12.9. The van der Waals surface area contributed by atoms with Gasteiger partial charge in [0.15, 0.2) is 11.7 Å². The van der Waals surface area contributed by atoms with Gasteiger partial charge in [0.05, 0.1) is 24.8 Å². The molecule has 1 aromatic heterocycles. The number of carbonyl (C=O) groups excluding carboxylic acids is 2. The van der Waals surface area contributed by atoms with Gasteiger partial charge in [-0.05, 0) is 30.5 Å². The van der Waals surface area contributed by atoms with Gasteiger partial charge in [0.1, 0.15) is 0 Å². The Bertz CT molecular complexity index is 1000. The number of carbonyl (C=O) groups is 3. The number of hydrogen-bond donors (Lipinski definition) is 4. The van der Waals surface area contributed by atoms with E-state index in [2.05, 4.69) is 30.8 Å². The van der Waals surface area contributed by atoms with Crippen LogP contribution in [-0.4, -0.2) is 64.8 Å². The summed E-state index contributed by atoms with van der Waals surface area (Å²) in [6, 6.07) is 2.83. The molecule has 2 aliphatic heterocycles. The van der Waals surface area contributed by atoms with Crippen LogP contribution in [-0.2, 0) is 14.4 Å². The van der Waals surface area contributed by atoms with Crippen molar-refractivity contribution in [3.8, 4) is 0 Å². The number of hydrogen-bond acceptors (Lipinski definition) is 8. The Morgan fingerprint density at radius 3 is 2.94 bits per heavy atom. The number of allylic oxidation sites excluding steroid dienone is 3. The fourth-order valence-electron chi connectivity index (χ4n) is 4.24.